The highest BCUT2D eigenvalue weighted by atomic mass is 16.5. The summed E-state index contributed by atoms with van der Waals surface area (Å²) in [5.41, 5.74) is 0. The molecule has 0 heterocycles. The Labute approximate surface area is 286 Å². The van der Waals surface area contributed by atoms with Crippen LogP contribution in [-0.4, -0.2) is 23.1 Å². The highest BCUT2D eigenvalue weighted by molar-refractivity contribution is 5.69. The number of hydrogen-bond donors (Lipinski definition) is 1. The van der Waals surface area contributed by atoms with Gasteiger partial charge >= 0.3 is 11.9 Å². The first-order chi connectivity index (χ1) is 22.6. The predicted octanol–water partition coefficient (Wildman–Crippen LogP) is 13.8. The molecule has 0 amide bonds. The fourth-order valence-electron chi connectivity index (χ4n) is 5.83. The van der Waals surface area contributed by atoms with Crippen molar-refractivity contribution < 1.29 is 19.4 Å². The molecule has 1 unspecified atom stereocenters. The minimum atomic E-state index is -0.700. The predicted molar refractivity (Wildman–Crippen MR) is 199 cm³/mol. The zero-order chi connectivity index (χ0) is 33.6. The summed E-state index contributed by atoms with van der Waals surface area (Å²) in [4.78, 5) is 23.3. The molecule has 0 rings (SSSR count). The number of esters is 1. The van der Waals surface area contributed by atoms with Crippen LogP contribution in [0.25, 0.3) is 0 Å². The van der Waals surface area contributed by atoms with Gasteiger partial charge in [0.1, 0.15) is 6.10 Å². The van der Waals surface area contributed by atoms with Gasteiger partial charge in [0.25, 0.3) is 0 Å². The van der Waals surface area contributed by atoms with E-state index < -0.39 is 5.97 Å². The highest BCUT2D eigenvalue weighted by Crippen LogP contribution is 2.16. The molecule has 0 radical (unpaired) electrons. The molecule has 0 saturated heterocycles. The summed E-state index contributed by atoms with van der Waals surface area (Å²) in [6.07, 6.45) is 48.9. The van der Waals surface area contributed by atoms with E-state index in [0.717, 1.165) is 70.6 Å². The molecule has 0 saturated carbocycles. The first-order valence-electron chi connectivity index (χ1n) is 20.0. The molecule has 0 aromatic rings. The number of carbonyl (C=O) groups excluding carboxylic acids is 1. The van der Waals surface area contributed by atoms with Crippen molar-refractivity contribution in [3.63, 3.8) is 0 Å². The van der Waals surface area contributed by atoms with Crippen LogP contribution in [0, 0.1) is 0 Å². The van der Waals surface area contributed by atoms with Gasteiger partial charge in [-0.1, -0.05) is 160 Å². The third kappa shape index (κ3) is 36.6. The zero-order valence-electron chi connectivity index (χ0n) is 30.6. The SMILES string of the molecule is CCCCCC/C=C\C/C=C\CCCCCCCCCC(=O)OC(/C=C\CCCCCCCCC)CCCCCCCCC(=O)O. The average Bonchev–Trinajstić information content (AvgIpc) is 3.04. The van der Waals surface area contributed by atoms with Crippen LogP contribution in [-0.2, 0) is 14.3 Å². The summed E-state index contributed by atoms with van der Waals surface area (Å²) in [7, 11) is 0. The number of rotatable bonds is 36. The Morgan fingerprint density at radius 1 is 0.500 bits per heavy atom. The number of aliphatic carboxylic acids is 1. The molecule has 0 fully saturated rings. The van der Waals surface area contributed by atoms with Crippen molar-refractivity contribution in [1.82, 2.24) is 0 Å². The fourth-order valence-corrected chi connectivity index (χ4v) is 5.83. The van der Waals surface area contributed by atoms with Crippen molar-refractivity contribution in [2.75, 3.05) is 0 Å². The molecule has 0 aromatic carbocycles. The summed E-state index contributed by atoms with van der Waals surface area (Å²) < 4.78 is 5.93. The van der Waals surface area contributed by atoms with E-state index in [2.05, 4.69) is 50.3 Å². The van der Waals surface area contributed by atoms with Crippen LogP contribution < -0.4 is 0 Å². The number of carboxylic acids is 1. The number of carboxylic acid groups (broad SMARTS) is 1. The van der Waals surface area contributed by atoms with E-state index in [0.29, 0.717) is 6.42 Å². The Morgan fingerprint density at radius 2 is 0.913 bits per heavy atom. The Balaban J connectivity index is 4.04. The molecule has 0 aromatic heterocycles. The van der Waals surface area contributed by atoms with Crippen LogP contribution in [0.15, 0.2) is 36.5 Å². The normalized spacial score (nSPS) is 12.6. The number of carbonyl (C=O) groups is 2. The Morgan fingerprint density at radius 3 is 1.43 bits per heavy atom. The van der Waals surface area contributed by atoms with Gasteiger partial charge in [-0.15, -0.1) is 0 Å². The lowest BCUT2D eigenvalue weighted by atomic mass is 10.0. The van der Waals surface area contributed by atoms with Crippen molar-refractivity contribution in [2.24, 2.45) is 0 Å². The van der Waals surface area contributed by atoms with Crippen molar-refractivity contribution in [3.8, 4) is 0 Å². The van der Waals surface area contributed by atoms with Crippen LogP contribution in [0.2, 0.25) is 0 Å². The smallest absolute Gasteiger partial charge is 0.306 e. The molecule has 1 N–H and O–H groups in total. The van der Waals surface area contributed by atoms with E-state index >= 15 is 0 Å². The van der Waals surface area contributed by atoms with Crippen LogP contribution in [0.5, 0.6) is 0 Å². The second-order valence-electron chi connectivity index (χ2n) is 13.5. The lowest BCUT2D eigenvalue weighted by Crippen LogP contribution is -2.16. The summed E-state index contributed by atoms with van der Waals surface area (Å²) in [5.74, 6) is -0.744. The molecular weight excluding hydrogens is 568 g/mol. The van der Waals surface area contributed by atoms with Crippen LogP contribution in [0.1, 0.15) is 213 Å². The largest absolute Gasteiger partial charge is 0.481 e. The molecular formula is C42H76O4. The topological polar surface area (TPSA) is 63.6 Å². The number of unbranched alkanes of at least 4 members (excludes halogenated alkanes) is 23. The number of hydrogen-bond acceptors (Lipinski definition) is 3. The number of ether oxygens (including phenoxy) is 1. The van der Waals surface area contributed by atoms with E-state index in [1.807, 2.05) is 0 Å². The molecule has 0 aliphatic heterocycles. The molecule has 4 heteroatoms. The van der Waals surface area contributed by atoms with Gasteiger partial charge < -0.3 is 9.84 Å². The molecule has 1 atom stereocenters. The lowest BCUT2D eigenvalue weighted by molar-refractivity contribution is -0.147. The Hall–Kier alpha value is -1.84. The summed E-state index contributed by atoms with van der Waals surface area (Å²) >= 11 is 0. The van der Waals surface area contributed by atoms with Gasteiger partial charge in [-0.2, -0.15) is 0 Å². The summed E-state index contributed by atoms with van der Waals surface area (Å²) in [6, 6.07) is 0. The molecule has 4 nitrogen and oxygen atoms in total. The van der Waals surface area contributed by atoms with Gasteiger partial charge in [0, 0.05) is 12.8 Å². The maximum absolute atomic E-state index is 12.6. The quantitative estimate of drug-likeness (QED) is 0.0419. The van der Waals surface area contributed by atoms with Crippen molar-refractivity contribution in [2.45, 2.75) is 219 Å². The van der Waals surface area contributed by atoms with Gasteiger partial charge in [-0.3, -0.25) is 9.59 Å². The third-order valence-corrected chi connectivity index (χ3v) is 8.82. The highest BCUT2D eigenvalue weighted by Gasteiger charge is 2.11. The van der Waals surface area contributed by atoms with Crippen molar-refractivity contribution in [3.05, 3.63) is 36.5 Å². The molecule has 0 spiro atoms. The summed E-state index contributed by atoms with van der Waals surface area (Å²) in [5, 5.41) is 8.78. The minimum absolute atomic E-state index is 0.0441. The van der Waals surface area contributed by atoms with Crippen LogP contribution in [0.3, 0.4) is 0 Å². The van der Waals surface area contributed by atoms with E-state index in [-0.39, 0.29) is 18.5 Å². The monoisotopic (exact) mass is 645 g/mol. The maximum atomic E-state index is 12.6. The molecule has 0 bridgehead atoms. The third-order valence-electron chi connectivity index (χ3n) is 8.82. The lowest BCUT2D eigenvalue weighted by Gasteiger charge is -2.15. The number of allylic oxidation sites excluding steroid dienone is 5. The fraction of sp³-hybridized carbons (Fsp3) is 0.810. The first-order valence-corrected chi connectivity index (χ1v) is 20.0. The molecule has 0 aliphatic rings. The second-order valence-corrected chi connectivity index (χ2v) is 13.5. The van der Waals surface area contributed by atoms with E-state index in [1.54, 1.807) is 0 Å². The van der Waals surface area contributed by atoms with Crippen LogP contribution >= 0.6 is 0 Å². The molecule has 268 valence electrons. The van der Waals surface area contributed by atoms with E-state index in [1.165, 1.54) is 116 Å². The van der Waals surface area contributed by atoms with Gasteiger partial charge in [0.15, 0.2) is 0 Å². The first kappa shape index (κ1) is 44.2. The van der Waals surface area contributed by atoms with Gasteiger partial charge in [-0.25, -0.2) is 0 Å². The minimum Gasteiger partial charge on any atom is -0.481 e. The van der Waals surface area contributed by atoms with Gasteiger partial charge in [0.05, 0.1) is 0 Å². The van der Waals surface area contributed by atoms with E-state index in [4.69, 9.17) is 9.84 Å². The van der Waals surface area contributed by atoms with E-state index in [9.17, 15) is 9.59 Å². The van der Waals surface area contributed by atoms with Crippen LogP contribution in [0.4, 0.5) is 0 Å². The van der Waals surface area contributed by atoms with Gasteiger partial charge in [0.2, 0.25) is 0 Å². The maximum Gasteiger partial charge on any atom is 0.306 e. The second kappa shape index (κ2) is 37.6. The Bertz CT molecular complexity index is 738. The summed E-state index contributed by atoms with van der Waals surface area (Å²) in [6.45, 7) is 4.52. The Kier molecular flexibility index (Phi) is 36.1. The average molecular weight is 645 g/mol. The standard InChI is InChI=1S/C42H76O4/c1-3-5-7-9-11-13-14-15-16-17-18-19-20-21-23-25-31-35-39-42(45)46-40(36-32-28-24-22-12-10-8-6-4-2)37-33-29-26-27-30-34-38-41(43)44/h13-14,16-17,32,36,40H,3-12,15,18-31,33-35,37-39H2,1-2H3,(H,43,44)/b14-13-,17-16-,36-32-. The molecule has 46 heavy (non-hydrogen) atoms. The molecule has 0 aliphatic carbocycles. The van der Waals surface area contributed by atoms with Crippen molar-refractivity contribution in [1.29, 1.82) is 0 Å². The van der Waals surface area contributed by atoms with Crippen molar-refractivity contribution >= 4 is 11.9 Å². The van der Waals surface area contributed by atoms with Gasteiger partial charge in [-0.05, 0) is 76.7 Å². The zero-order valence-corrected chi connectivity index (χ0v) is 30.6.